The lowest BCUT2D eigenvalue weighted by Crippen LogP contribution is -2.33. The second kappa shape index (κ2) is 6.35. The van der Waals surface area contributed by atoms with E-state index in [1.54, 1.807) is 0 Å². The van der Waals surface area contributed by atoms with Gasteiger partial charge in [-0.2, -0.15) is 0 Å². The van der Waals surface area contributed by atoms with Crippen LogP contribution in [0.4, 0.5) is 0 Å². The van der Waals surface area contributed by atoms with Crippen molar-refractivity contribution in [3.8, 4) is 0 Å². The molecule has 0 heterocycles. The van der Waals surface area contributed by atoms with Gasteiger partial charge in [0.25, 0.3) is 0 Å². The first-order valence-corrected chi connectivity index (χ1v) is 6.85. The van der Waals surface area contributed by atoms with E-state index in [1.165, 1.54) is 11.1 Å². The third-order valence-electron chi connectivity index (χ3n) is 3.48. The lowest BCUT2D eigenvalue weighted by atomic mass is 9.86. The molecule has 1 aromatic rings. The van der Waals surface area contributed by atoms with Crippen molar-refractivity contribution in [1.29, 1.82) is 0 Å². The lowest BCUT2D eigenvalue weighted by Gasteiger charge is -2.23. The summed E-state index contributed by atoms with van der Waals surface area (Å²) in [7, 11) is 0. The van der Waals surface area contributed by atoms with Crippen molar-refractivity contribution in [3.63, 3.8) is 0 Å². The Balaban J connectivity index is 2.73. The number of hydrogen-bond donors (Lipinski definition) is 2. The molecule has 0 saturated heterocycles. The van der Waals surface area contributed by atoms with E-state index in [0.29, 0.717) is 0 Å². The third kappa shape index (κ3) is 4.11. The van der Waals surface area contributed by atoms with E-state index < -0.39 is 0 Å². The molecule has 0 amide bonds. The van der Waals surface area contributed by atoms with Gasteiger partial charge in [-0.05, 0) is 29.9 Å². The molecule has 0 radical (unpaired) electrons. The average Bonchev–Trinajstić information content (AvgIpc) is 2.34. The smallest absolute Gasteiger partial charge is 0.0584 e. The Morgan fingerprint density at radius 2 is 1.72 bits per heavy atom. The molecule has 0 aliphatic carbocycles. The number of nitrogens with one attached hydrogen (secondary N) is 1. The molecule has 0 aromatic heterocycles. The van der Waals surface area contributed by atoms with Gasteiger partial charge in [0, 0.05) is 12.1 Å². The van der Waals surface area contributed by atoms with Crippen molar-refractivity contribution in [2.24, 2.45) is 0 Å². The van der Waals surface area contributed by atoms with Gasteiger partial charge in [0.05, 0.1) is 6.61 Å². The van der Waals surface area contributed by atoms with Crippen molar-refractivity contribution in [1.82, 2.24) is 5.32 Å². The highest BCUT2D eigenvalue weighted by Crippen LogP contribution is 2.24. The van der Waals surface area contributed by atoms with Gasteiger partial charge in [0.15, 0.2) is 0 Å². The Morgan fingerprint density at radius 3 is 2.11 bits per heavy atom. The first-order valence-electron chi connectivity index (χ1n) is 6.85. The van der Waals surface area contributed by atoms with E-state index in [-0.39, 0.29) is 24.1 Å². The van der Waals surface area contributed by atoms with Crippen molar-refractivity contribution < 1.29 is 5.11 Å². The van der Waals surface area contributed by atoms with E-state index in [9.17, 15) is 5.11 Å². The summed E-state index contributed by atoms with van der Waals surface area (Å²) in [6, 6.07) is 9.23. The van der Waals surface area contributed by atoms with Crippen LogP contribution in [0.1, 0.15) is 58.2 Å². The van der Waals surface area contributed by atoms with Crippen LogP contribution in [0.15, 0.2) is 24.3 Å². The van der Waals surface area contributed by atoms with Gasteiger partial charge in [-0.1, -0.05) is 52.0 Å². The molecule has 1 rings (SSSR count). The van der Waals surface area contributed by atoms with E-state index in [0.717, 1.165) is 6.42 Å². The molecule has 2 atom stereocenters. The van der Waals surface area contributed by atoms with E-state index in [4.69, 9.17) is 0 Å². The molecule has 2 nitrogen and oxygen atoms in total. The quantitative estimate of drug-likeness (QED) is 0.838. The van der Waals surface area contributed by atoms with Gasteiger partial charge in [0.1, 0.15) is 0 Å². The zero-order chi connectivity index (χ0) is 13.8. The molecule has 2 heteroatoms. The molecule has 0 aliphatic rings. The van der Waals surface area contributed by atoms with E-state index in [2.05, 4.69) is 64.2 Å². The number of rotatable bonds is 5. The van der Waals surface area contributed by atoms with Crippen molar-refractivity contribution in [3.05, 3.63) is 35.4 Å². The van der Waals surface area contributed by atoms with Crippen LogP contribution >= 0.6 is 0 Å². The van der Waals surface area contributed by atoms with Crippen molar-refractivity contribution in [2.75, 3.05) is 6.61 Å². The highest BCUT2D eigenvalue weighted by atomic mass is 16.3. The zero-order valence-electron chi connectivity index (χ0n) is 12.3. The number of benzene rings is 1. The molecule has 0 saturated carbocycles. The van der Waals surface area contributed by atoms with E-state index >= 15 is 0 Å². The molecule has 0 spiro atoms. The topological polar surface area (TPSA) is 32.3 Å². The van der Waals surface area contributed by atoms with Crippen LogP contribution in [-0.2, 0) is 5.41 Å². The summed E-state index contributed by atoms with van der Waals surface area (Å²) in [6.45, 7) is 11.1. The number of hydrogen-bond acceptors (Lipinski definition) is 2. The second-order valence-electron chi connectivity index (χ2n) is 6.05. The zero-order valence-corrected chi connectivity index (χ0v) is 12.3. The fraction of sp³-hybridized carbons (Fsp3) is 0.625. The van der Waals surface area contributed by atoms with Crippen LogP contribution in [-0.4, -0.2) is 17.8 Å². The van der Waals surface area contributed by atoms with Gasteiger partial charge in [0.2, 0.25) is 0 Å². The highest BCUT2D eigenvalue weighted by molar-refractivity contribution is 5.29. The van der Waals surface area contributed by atoms with Gasteiger partial charge in [-0.25, -0.2) is 0 Å². The van der Waals surface area contributed by atoms with Crippen LogP contribution < -0.4 is 5.32 Å². The summed E-state index contributed by atoms with van der Waals surface area (Å²) < 4.78 is 0. The second-order valence-corrected chi connectivity index (χ2v) is 6.05. The molecule has 102 valence electrons. The minimum absolute atomic E-state index is 0.183. The predicted molar refractivity (Wildman–Crippen MR) is 77.9 cm³/mol. The molecule has 1 unspecified atom stereocenters. The van der Waals surface area contributed by atoms with Gasteiger partial charge < -0.3 is 10.4 Å². The van der Waals surface area contributed by atoms with Crippen LogP contribution in [0.3, 0.4) is 0 Å². The summed E-state index contributed by atoms with van der Waals surface area (Å²) in [6.07, 6.45) is 0.945. The van der Waals surface area contributed by atoms with Crippen LogP contribution in [0, 0.1) is 0 Å². The minimum atomic E-state index is 0.183. The van der Waals surface area contributed by atoms with Gasteiger partial charge >= 0.3 is 0 Å². The maximum absolute atomic E-state index is 9.21. The summed E-state index contributed by atoms with van der Waals surface area (Å²) in [5.74, 6) is 0. The summed E-state index contributed by atoms with van der Waals surface area (Å²) >= 11 is 0. The van der Waals surface area contributed by atoms with Crippen molar-refractivity contribution in [2.45, 2.75) is 58.5 Å². The van der Waals surface area contributed by atoms with E-state index in [1.807, 2.05) is 0 Å². The molecule has 0 fully saturated rings. The summed E-state index contributed by atoms with van der Waals surface area (Å²) in [4.78, 5) is 0. The standard InChI is InChI=1S/C16H27NO/c1-6-15(11-18)17-12(2)13-7-9-14(10-8-13)16(3,4)5/h7-10,12,15,17-18H,6,11H2,1-5H3/t12?,15-/m1/s1. The maximum Gasteiger partial charge on any atom is 0.0584 e. The van der Waals surface area contributed by atoms with Crippen LogP contribution in [0.2, 0.25) is 0 Å². The summed E-state index contributed by atoms with van der Waals surface area (Å²) in [5.41, 5.74) is 2.83. The Bertz CT molecular complexity index is 346. The molecule has 0 bridgehead atoms. The maximum atomic E-state index is 9.21. The van der Waals surface area contributed by atoms with Crippen LogP contribution in [0.25, 0.3) is 0 Å². The van der Waals surface area contributed by atoms with Crippen LogP contribution in [0.5, 0.6) is 0 Å². The first-order chi connectivity index (χ1) is 8.38. The normalized spacial score (nSPS) is 15.4. The van der Waals surface area contributed by atoms with Crippen molar-refractivity contribution >= 4 is 0 Å². The SMILES string of the molecule is CC[C@H](CO)NC(C)c1ccc(C(C)(C)C)cc1. The largest absolute Gasteiger partial charge is 0.395 e. The number of aliphatic hydroxyl groups is 1. The monoisotopic (exact) mass is 249 g/mol. The molecular weight excluding hydrogens is 222 g/mol. The minimum Gasteiger partial charge on any atom is -0.395 e. The first kappa shape index (κ1) is 15.2. The Morgan fingerprint density at radius 1 is 1.17 bits per heavy atom. The number of aliphatic hydroxyl groups excluding tert-OH is 1. The average molecular weight is 249 g/mol. The molecule has 18 heavy (non-hydrogen) atoms. The predicted octanol–water partition coefficient (Wildman–Crippen LogP) is 3.41. The lowest BCUT2D eigenvalue weighted by molar-refractivity contribution is 0.230. The van der Waals surface area contributed by atoms with Gasteiger partial charge in [-0.3, -0.25) is 0 Å². The van der Waals surface area contributed by atoms with Gasteiger partial charge in [-0.15, -0.1) is 0 Å². The molecular formula is C16H27NO. The Hall–Kier alpha value is -0.860. The fourth-order valence-corrected chi connectivity index (χ4v) is 2.02. The fourth-order valence-electron chi connectivity index (χ4n) is 2.02. The Kier molecular flexibility index (Phi) is 5.36. The summed E-state index contributed by atoms with van der Waals surface area (Å²) in [5, 5.41) is 12.7. The molecule has 0 aliphatic heterocycles. The molecule has 1 aromatic carbocycles. The highest BCUT2D eigenvalue weighted by Gasteiger charge is 2.15. The molecule has 2 N–H and O–H groups in total. The Labute approximate surface area is 111 Å². The third-order valence-corrected chi connectivity index (χ3v) is 3.48.